The van der Waals surface area contributed by atoms with Gasteiger partial charge in [0.05, 0.1) is 19.9 Å². The van der Waals surface area contributed by atoms with Crippen LogP contribution in [0.15, 0.2) is 71.3 Å². The zero-order chi connectivity index (χ0) is 21.3. The number of anilines is 1. The van der Waals surface area contributed by atoms with E-state index in [2.05, 4.69) is 34.1 Å². The Bertz CT molecular complexity index is 878. The van der Waals surface area contributed by atoms with Crippen LogP contribution in [-0.4, -0.2) is 50.5 Å². The molecule has 3 rings (SSSR count). The lowest BCUT2D eigenvalue weighted by Crippen LogP contribution is -2.35. The van der Waals surface area contributed by atoms with Gasteiger partial charge in [-0.05, 0) is 42.0 Å². The van der Waals surface area contributed by atoms with Crippen LogP contribution in [0.25, 0.3) is 0 Å². The monoisotopic (exact) mass is 410 g/mol. The molecule has 0 amide bonds. The van der Waals surface area contributed by atoms with Crippen molar-refractivity contribution in [3.05, 3.63) is 78.3 Å². The Kier molecular flexibility index (Phi) is 7.76. The molecule has 0 saturated carbocycles. The van der Waals surface area contributed by atoms with E-state index in [1.165, 1.54) is 5.56 Å². The number of rotatable bonds is 11. The number of furan rings is 1. The highest BCUT2D eigenvalue weighted by molar-refractivity contribution is 5.46. The predicted molar refractivity (Wildman–Crippen MR) is 118 cm³/mol. The molecule has 0 aliphatic heterocycles. The standard InChI is InChI=1S/C24H30N2O4/c1-25(2)20-12-10-19(11-13-20)15-26(17-22-7-6-14-29-22)16-21(27)18-30-24-9-5-4-8-23(24)28-3/h4-14,21,27H,15-18H2,1-3H3. The van der Waals surface area contributed by atoms with Crippen molar-refractivity contribution in [3.8, 4) is 11.5 Å². The topological polar surface area (TPSA) is 58.3 Å². The minimum atomic E-state index is -0.661. The van der Waals surface area contributed by atoms with Gasteiger partial charge in [0.25, 0.3) is 0 Å². The predicted octanol–water partition coefficient (Wildman–Crippen LogP) is 3.80. The quantitative estimate of drug-likeness (QED) is 0.519. The maximum atomic E-state index is 10.6. The fourth-order valence-electron chi connectivity index (χ4n) is 3.24. The van der Waals surface area contributed by atoms with Crippen LogP contribution >= 0.6 is 0 Å². The Hall–Kier alpha value is -2.96. The molecule has 160 valence electrons. The van der Waals surface area contributed by atoms with Gasteiger partial charge in [-0.2, -0.15) is 0 Å². The first-order chi connectivity index (χ1) is 14.5. The summed E-state index contributed by atoms with van der Waals surface area (Å²) in [6.07, 6.45) is 1.01. The first-order valence-electron chi connectivity index (χ1n) is 10.00. The van der Waals surface area contributed by atoms with Crippen molar-refractivity contribution in [3.63, 3.8) is 0 Å². The van der Waals surface area contributed by atoms with Gasteiger partial charge in [0.2, 0.25) is 0 Å². The van der Waals surface area contributed by atoms with Gasteiger partial charge in [0.15, 0.2) is 11.5 Å². The zero-order valence-corrected chi connectivity index (χ0v) is 17.8. The molecule has 0 radical (unpaired) electrons. The van der Waals surface area contributed by atoms with Crippen LogP contribution in [0.2, 0.25) is 0 Å². The summed E-state index contributed by atoms with van der Waals surface area (Å²) in [5.74, 6) is 2.13. The summed E-state index contributed by atoms with van der Waals surface area (Å²) in [6, 6.07) is 19.7. The van der Waals surface area contributed by atoms with E-state index in [9.17, 15) is 5.11 Å². The van der Waals surface area contributed by atoms with Gasteiger partial charge < -0.3 is 23.9 Å². The molecule has 1 unspecified atom stereocenters. The summed E-state index contributed by atoms with van der Waals surface area (Å²) >= 11 is 0. The second-order valence-corrected chi connectivity index (χ2v) is 7.43. The number of hydrogen-bond donors (Lipinski definition) is 1. The molecule has 30 heavy (non-hydrogen) atoms. The second-order valence-electron chi connectivity index (χ2n) is 7.43. The maximum Gasteiger partial charge on any atom is 0.161 e. The van der Waals surface area contributed by atoms with Crippen LogP contribution in [0, 0.1) is 0 Å². The Balaban J connectivity index is 1.62. The summed E-state index contributed by atoms with van der Waals surface area (Å²) in [6.45, 7) is 1.92. The van der Waals surface area contributed by atoms with Crippen molar-refractivity contribution < 1.29 is 19.0 Å². The van der Waals surface area contributed by atoms with E-state index in [0.29, 0.717) is 31.1 Å². The van der Waals surface area contributed by atoms with Gasteiger partial charge in [-0.1, -0.05) is 24.3 Å². The van der Waals surface area contributed by atoms with Crippen LogP contribution in [0.3, 0.4) is 0 Å². The zero-order valence-electron chi connectivity index (χ0n) is 17.8. The Morgan fingerprint density at radius 1 is 0.933 bits per heavy atom. The number of para-hydroxylation sites is 2. The molecule has 1 heterocycles. The van der Waals surface area contributed by atoms with E-state index in [4.69, 9.17) is 13.9 Å². The fraction of sp³-hybridized carbons (Fsp3) is 0.333. The highest BCUT2D eigenvalue weighted by atomic mass is 16.5. The van der Waals surface area contributed by atoms with Crippen molar-refractivity contribution in [1.29, 1.82) is 0 Å². The maximum absolute atomic E-state index is 10.6. The number of benzene rings is 2. The number of hydrogen-bond acceptors (Lipinski definition) is 6. The molecule has 0 bridgehead atoms. The van der Waals surface area contributed by atoms with Crippen molar-refractivity contribution in [2.24, 2.45) is 0 Å². The molecule has 0 saturated heterocycles. The molecule has 1 atom stereocenters. The van der Waals surface area contributed by atoms with E-state index in [1.807, 2.05) is 50.5 Å². The summed E-state index contributed by atoms with van der Waals surface area (Å²) in [5.41, 5.74) is 2.33. The Morgan fingerprint density at radius 3 is 2.30 bits per heavy atom. The molecule has 6 heteroatoms. The van der Waals surface area contributed by atoms with E-state index < -0.39 is 6.10 Å². The minimum Gasteiger partial charge on any atom is -0.493 e. The molecular formula is C24H30N2O4. The molecular weight excluding hydrogens is 380 g/mol. The van der Waals surface area contributed by atoms with Crippen molar-refractivity contribution in [1.82, 2.24) is 4.90 Å². The summed E-state index contributed by atoms with van der Waals surface area (Å²) in [4.78, 5) is 4.23. The highest BCUT2D eigenvalue weighted by Gasteiger charge is 2.16. The molecule has 2 aromatic carbocycles. The minimum absolute atomic E-state index is 0.175. The first kappa shape index (κ1) is 21.7. The first-order valence-corrected chi connectivity index (χ1v) is 10.00. The molecule has 1 aromatic heterocycles. The number of methoxy groups -OCH3 is 1. The third kappa shape index (κ3) is 6.27. The molecule has 0 aliphatic carbocycles. The van der Waals surface area contributed by atoms with Gasteiger partial charge in [0, 0.05) is 32.9 Å². The molecule has 0 fully saturated rings. The van der Waals surface area contributed by atoms with Gasteiger partial charge in [-0.15, -0.1) is 0 Å². The SMILES string of the molecule is COc1ccccc1OCC(O)CN(Cc1ccc(N(C)C)cc1)Cc1ccco1. The third-order valence-electron chi connectivity index (χ3n) is 4.79. The van der Waals surface area contributed by atoms with Crippen LogP contribution < -0.4 is 14.4 Å². The smallest absolute Gasteiger partial charge is 0.161 e. The Morgan fingerprint density at radius 2 is 1.67 bits per heavy atom. The summed E-state index contributed by atoms with van der Waals surface area (Å²) in [7, 11) is 5.65. The lowest BCUT2D eigenvalue weighted by atomic mass is 10.1. The van der Waals surface area contributed by atoms with Crippen LogP contribution in [0.4, 0.5) is 5.69 Å². The largest absolute Gasteiger partial charge is 0.493 e. The van der Waals surface area contributed by atoms with Gasteiger partial charge >= 0.3 is 0 Å². The number of ether oxygens (including phenoxy) is 2. The summed E-state index contributed by atoms with van der Waals surface area (Å²) < 4.78 is 16.6. The van der Waals surface area contributed by atoms with Gasteiger partial charge in [-0.25, -0.2) is 0 Å². The van der Waals surface area contributed by atoms with Crippen molar-refractivity contribution >= 4 is 5.69 Å². The highest BCUT2D eigenvalue weighted by Crippen LogP contribution is 2.26. The molecule has 0 aliphatic rings. The molecule has 6 nitrogen and oxygen atoms in total. The van der Waals surface area contributed by atoms with Gasteiger partial charge in [-0.3, -0.25) is 4.90 Å². The van der Waals surface area contributed by atoms with Crippen LogP contribution in [-0.2, 0) is 13.1 Å². The van der Waals surface area contributed by atoms with Crippen molar-refractivity contribution in [2.75, 3.05) is 39.3 Å². The molecule has 3 aromatic rings. The van der Waals surface area contributed by atoms with Crippen LogP contribution in [0.1, 0.15) is 11.3 Å². The van der Waals surface area contributed by atoms with Crippen molar-refractivity contribution in [2.45, 2.75) is 19.2 Å². The lowest BCUT2D eigenvalue weighted by molar-refractivity contribution is 0.0596. The Labute approximate surface area is 178 Å². The fourth-order valence-corrected chi connectivity index (χ4v) is 3.24. The van der Waals surface area contributed by atoms with Crippen LogP contribution in [0.5, 0.6) is 11.5 Å². The number of aliphatic hydroxyl groups is 1. The summed E-state index contributed by atoms with van der Waals surface area (Å²) in [5, 5.41) is 10.6. The number of nitrogens with zero attached hydrogens (tertiary/aromatic N) is 2. The van der Waals surface area contributed by atoms with E-state index >= 15 is 0 Å². The second kappa shape index (κ2) is 10.7. The van der Waals surface area contributed by atoms with Gasteiger partial charge in [0.1, 0.15) is 18.5 Å². The average Bonchev–Trinajstić information content (AvgIpc) is 3.26. The van der Waals surface area contributed by atoms with E-state index in [1.54, 1.807) is 13.4 Å². The number of aliphatic hydroxyl groups excluding tert-OH is 1. The lowest BCUT2D eigenvalue weighted by Gasteiger charge is -2.25. The normalized spacial score (nSPS) is 12.0. The third-order valence-corrected chi connectivity index (χ3v) is 4.79. The average molecular weight is 411 g/mol. The van der Waals surface area contributed by atoms with E-state index in [-0.39, 0.29) is 6.61 Å². The van der Waals surface area contributed by atoms with E-state index in [0.717, 1.165) is 11.4 Å². The molecule has 0 spiro atoms. The molecule has 1 N–H and O–H groups in total.